The molecular formula is C43H47N5O8. The number of benzene rings is 3. The molecule has 2 unspecified atom stereocenters. The number of aromatic amines is 1. The monoisotopic (exact) mass is 761 g/mol. The number of aromatic nitrogens is 2. The van der Waals surface area contributed by atoms with Crippen molar-refractivity contribution in [2.75, 3.05) is 39.3 Å². The molecule has 1 amide bonds. The molecule has 2 bridgehead atoms. The number of H-pyrrole nitrogens is 1. The minimum absolute atomic E-state index is 0.0598. The Morgan fingerprint density at radius 3 is 2.57 bits per heavy atom. The Hall–Kier alpha value is -5.76. The summed E-state index contributed by atoms with van der Waals surface area (Å²) in [6.07, 6.45) is 5.14. The number of rotatable bonds is 16. The van der Waals surface area contributed by atoms with Crippen LogP contribution in [0.15, 0.2) is 102 Å². The van der Waals surface area contributed by atoms with Gasteiger partial charge in [0.15, 0.2) is 0 Å². The average molecular weight is 762 g/mol. The second-order valence-electron chi connectivity index (χ2n) is 14.4. The third-order valence-corrected chi connectivity index (χ3v) is 10.5. The lowest BCUT2D eigenvalue weighted by molar-refractivity contribution is -0.0336. The van der Waals surface area contributed by atoms with Crippen molar-refractivity contribution in [3.05, 3.63) is 135 Å². The number of hydrogen-bond acceptors (Lipinski definition) is 11. The summed E-state index contributed by atoms with van der Waals surface area (Å²) in [6.45, 7) is 4.16. The van der Waals surface area contributed by atoms with Crippen LogP contribution in [-0.2, 0) is 16.1 Å². The van der Waals surface area contributed by atoms with Crippen molar-refractivity contribution in [1.29, 1.82) is 0 Å². The molecule has 3 atom stereocenters. The fraction of sp³-hybridized carbons (Fsp3) is 0.349. The number of aromatic hydroxyl groups is 1. The van der Waals surface area contributed by atoms with Gasteiger partial charge in [0.2, 0.25) is 5.56 Å². The van der Waals surface area contributed by atoms with Crippen molar-refractivity contribution in [1.82, 2.24) is 25.5 Å². The number of nitrogens with one attached hydrogen (secondary N) is 3. The molecule has 3 aromatic carbocycles. The summed E-state index contributed by atoms with van der Waals surface area (Å²) >= 11 is 0. The highest BCUT2D eigenvalue weighted by molar-refractivity contribution is 5.89. The quantitative estimate of drug-likeness (QED) is 0.0645. The van der Waals surface area contributed by atoms with Crippen molar-refractivity contribution in [2.45, 2.75) is 50.5 Å². The van der Waals surface area contributed by atoms with Crippen LogP contribution in [0.1, 0.15) is 70.4 Å². The zero-order chi connectivity index (χ0) is 38.9. The Balaban J connectivity index is 0.866. The predicted octanol–water partition coefficient (Wildman–Crippen LogP) is 5.38. The Morgan fingerprint density at radius 2 is 1.77 bits per heavy atom. The number of carbonyl (C=O) groups excluding carboxylic acids is 2. The van der Waals surface area contributed by atoms with Gasteiger partial charge < -0.3 is 40.0 Å². The fourth-order valence-corrected chi connectivity index (χ4v) is 7.47. The van der Waals surface area contributed by atoms with Gasteiger partial charge in [0, 0.05) is 42.5 Å². The predicted molar refractivity (Wildman–Crippen MR) is 209 cm³/mol. The van der Waals surface area contributed by atoms with Gasteiger partial charge >= 0.3 is 12.1 Å². The molecule has 56 heavy (non-hydrogen) atoms. The van der Waals surface area contributed by atoms with Crippen LogP contribution in [0.2, 0.25) is 0 Å². The number of alkyl carbamates (subject to hydrolysis) is 1. The lowest BCUT2D eigenvalue weighted by Gasteiger charge is -2.43. The molecule has 0 spiro atoms. The number of nitrogens with zero attached hydrogens (tertiary/aromatic N) is 2. The topological polar surface area (TPSA) is 175 Å². The summed E-state index contributed by atoms with van der Waals surface area (Å²) in [6, 6.07) is 24.6. The summed E-state index contributed by atoms with van der Waals surface area (Å²) in [5.74, 6) is 0.461. The van der Waals surface area contributed by atoms with Crippen molar-refractivity contribution in [2.24, 2.45) is 5.92 Å². The van der Waals surface area contributed by atoms with Crippen molar-refractivity contribution >= 4 is 23.0 Å². The van der Waals surface area contributed by atoms with Gasteiger partial charge in [-0.1, -0.05) is 48.5 Å². The number of pyridine rings is 2. The van der Waals surface area contributed by atoms with Crippen molar-refractivity contribution < 1.29 is 34.0 Å². The van der Waals surface area contributed by atoms with E-state index in [1.165, 1.54) is 18.3 Å². The molecule has 13 heteroatoms. The third-order valence-electron chi connectivity index (χ3n) is 10.5. The number of aliphatic hydroxyl groups excluding tert-OH is 1. The summed E-state index contributed by atoms with van der Waals surface area (Å²) in [4.78, 5) is 46.9. The Labute approximate surface area is 324 Å². The van der Waals surface area contributed by atoms with Gasteiger partial charge in [-0.15, -0.1) is 0 Å². The van der Waals surface area contributed by atoms with E-state index in [0.29, 0.717) is 53.1 Å². The van der Waals surface area contributed by atoms with Gasteiger partial charge in [0.25, 0.3) is 0 Å². The third kappa shape index (κ3) is 9.72. The Morgan fingerprint density at radius 1 is 0.946 bits per heavy atom. The van der Waals surface area contributed by atoms with E-state index in [9.17, 15) is 24.6 Å². The van der Waals surface area contributed by atoms with Gasteiger partial charge in [0.05, 0.1) is 29.8 Å². The molecule has 13 nitrogen and oxygen atoms in total. The molecule has 3 saturated heterocycles. The molecule has 0 radical (unpaired) electrons. The number of phenolic OH excluding ortho intramolecular Hbond substituents is 1. The number of esters is 1. The first kappa shape index (κ1) is 38.5. The van der Waals surface area contributed by atoms with Gasteiger partial charge in [-0.2, -0.15) is 0 Å². The van der Waals surface area contributed by atoms with E-state index in [-0.39, 0.29) is 42.7 Å². The molecule has 8 rings (SSSR count). The minimum atomic E-state index is -0.854. The first-order valence-electron chi connectivity index (χ1n) is 19.1. The highest BCUT2D eigenvalue weighted by Crippen LogP contribution is 2.31. The SMILES string of the molecule is O=C(N[C@@H](c1ccccc1)c1cccc(OCc2cncc(C(=O)OCCCCNCC(O)c3ccc(O)c4[nH]c(=O)ccc34)c2)c1)OC1CN2CCC1CC2. The number of hydrogen-bond donors (Lipinski definition) is 5. The van der Waals surface area contributed by atoms with E-state index >= 15 is 0 Å². The number of phenols is 1. The van der Waals surface area contributed by atoms with E-state index in [0.717, 1.165) is 43.6 Å². The molecule has 0 aliphatic carbocycles. The maximum absolute atomic E-state index is 13.2. The maximum Gasteiger partial charge on any atom is 0.408 e. The molecule has 5 N–H and O–H groups in total. The number of amides is 1. The number of fused-ring (bicyclic) bond motifs is 4. The van der Waals surface area contributed by atoms with Crippen LogP contribution in [0.25, 0.3) is 10.9 Å². The fourth-order valence-electron chi connectivity index (χ4n) is 7.47. The Kier molecular flexibility index (Phi) is 12.6. The normalized spacial score (nSPS) is 18.6. The molecular weight excluding hydrogens is 714 g/mol. The van der Waals surface area contributed by atoms with E-state index in [4.69, 9.17) is 14.2 Å². The lowest BCUT2D eigenvalue weighted by Crippen LogP contribution is -2.52. The van der Waals surface area contributed by atoms with Crippen LogP contribution in [0.3, 0.4) is 0 Å². The summed E-state index contributed by atoms with van der Waals surface area (Å²) in [7, 11) is 0. The zero-order valence-electron chi connectivity index (χ0n) is 31.1. The molecule has 5 aromatic rings. The van der Waals surface area contributed by atoms with Crippen LogP contribution in [0, 0.1) is 5.92 Å². The molecule has 3 aliphatic rings. The van der Waals surface area contributed by atoms with Crippen molar-refractivity contribution in [3.63, 3.8) is 0 Å². The van der Waals surface area contributed by atoms with E-state index < -0.39 is 24.2 Å². The van der Waals surface area contributed by atoms with Gasteiger partial charge in [-0.25, -0.2) is 9.59 Å². The molecule has 5 heterocycles. The lowest BCUT2D eigenvalue weighted by atomic mass is 9.86. The van der Waals surface area contributed by atoms with E-state index in [1.807, 2.05) is 54.6 Å². The van der Waals surface area contributed by atoms with Crippen LogP contribution in [0.5, 0.6) is 11.5 Å². The first-order chi connectivity index (χ1) is 27.3. The van der Waals surface area contributed by atoms with Crippen LogP contribution < -0.4 is 20.9 Å². The van der Waals surface area contributed by atoms with E-state index in [2.05, 4.69) is 25.5 Å². The van der Waals surface area contributed by atoms with Gasteiger partial charge in [-0.05, 0) is 98.3 Å². The maximum atomic E-state index is 13.2. The number of unbranched alkanes of at least 4 members (excludes halogenated alkanes) is 1. The Bertz CT molecular complexity index is 2170. The molecule has 3 fully saturated rings. The largest absolute Gasteiger partial charge is 0.506 e. The number of carbonyl (C=O) groups is 2. The summed E-state index contributed by atoms with van der Waals surface area (Å²) in [5.41, 5.74) is 3.31. The number of aliphatic hydroxyl groups is 1. The zero-order valence-corrected chi connectivity index (χ0v) is 31.1. The summed E-state index contributed by atoms with van der Waals surface area (Å²) < 4.78 is 17.6. The highest BCUT2D eigenvalue weighted by Gasteiger charge is 2.37. The van der Waals surface area contributed by atoms with E-state index in [1.54, 1.807) is 24.4 Å². The van der Waals surface area contributed by atoms with Gasteiger partial charge in [0.1, 0.15) is 24.2 Å². The molecule has 3 aliphatic heterocycles. The first-order valence-corrected chi connectivity index (χ1v) is 19.1. The summed E-state index contributed by atoms with van der Waals surface area (Å²) in [5, 5.41) is 27.7. The highest BCUT2D eigenvalue weighted by atomic mass is 16.6. The van der Waals surface area contributed by atoms with Crippen molar-refractivity contribution in [3.8, 4) is 11.5 Å². The number of piperidine rings is 3. The average Bonchev–Trinajstić information content (AvgIpc) is 3.23. The minimum Gasteiger partial charge on any atom is -0.506 e. The van der Waals surface area contributed by atoms with Gasteiger partial charge in [-0.3, -0.25) is 14.7 Å². The number of ether oxygens (including phenoxy) is 3. The standard InChI is InChI=1S/C43H47N5O8/c49-36-13-11-34(35-12-14-39(51)46-41(35)36)37(50)25-44-17-4-5-20-54-42(52)32-21-28(23-45-24-32)27-55-33-10-6-9-31(22-33)40(30-7-2-1-3-8-30)47-43(53)56-38-26-48-18-15-29(38)16-19-48/h1-3,6-14,21-24,29,37-38,40,44,49-50H,4-5,15-20,25-27H2,(H,46,51)(H,47,53)/t37?,38?,40-/m0/s1. The molecule has 0 saturated carbocycles. The van der Waals surface area contributed by atoms with Crippen LogP contribution >= 0.6 is 0 Å². The second kappa shape index (κ2) is 18.2. The molecule has 292 valence electrons. The smallest absolute Gasteiger partial charge is 0.408 e. The second-order valence-corrected chi connectivity index (χ2v) is 14.4. The van der Waals surface area contributed by atoms with Crippen LogP contribution in [0.4, 0.5) is 4.79 Å². The molecule has 2 aromatic heterocycles. The van der Waals surface area contributed by atoms with Crippen LogP contribution in [-0.4, -0.2) is 82.6 Å².